The zero-order chi connectivity index (χ0) is 20.8. The van der Waals surface area contributed by atoms with Crippen LogP contribution in [0.15, 0.2) is 48.5 Å². The van der Waals surface area contributed by atoms with Crippen LogP contribution < -0.4 is 10.1 Å². The van der Waals surface area contributed by atoms with Gasteiger partial charge in [-0.2, -0.15) is 5.10 Å². The number of halogens is 2. The number of hydrogen-bond acceptors (Lipinski definition) is 3. The third kappa shape index (κ3) is 5.19. The van der Waals surface area contributed by atoms with E-state index in [2.05, 4.69) is 10.4 Å². The minimum Gasteiger partial charge on any atom is -0.494 e. The van der Waals surface area contributed by atoms with Gasteiger partial charge in [0.1, 0.15) is 17.4 Å². The monoisotopic (exact) mass is 399 g/mol. The van der Waals surface area contributed by atoms with E-state index >= 15 is 0 Å². The summed E-state index contributed by atoms with van der Waals surface area (Å²) in [6.45, 7) is 4.58. The lowest BCUT2D eigenvalue weighted by Crippen LogP contribution is -2.25. The van der Waals surface area contributed by atoms with Crippen molar-refractivity contribution in [3.63, 3.8) is 0 Å². The fraction of sp³-hybridized carbons (Fsp3) is 0.273. The zero-order valence-electron chi connectivity index (χ0n) is 16.4. The van der Waals surface area contributed by atoms with E-state index in [-0.39, 0.29) is 17.5 Å². The molecule has 1 aromatic heterocycles. The predicted molar refractivity (Wildman–Crippen MR) is 106 cm³/mol. The van der Waals surface area contributed by atoms with Crippen LogP contribution in [0.5, 0.6) is 5.75 Å². The van der Waals surface area contributed by atoms with Crippen molar-refractivity contribution in [2.75, 3.05) is 13.2 Å². The number of amides is 1. The summed E-state index contributed by atoms with van der Waals surface area (Å²) in [6, 6.07) is 11.8. The van der Waals surface area contributed by atoms with Crippen LogP contribution in [0, 0.1) is 25.5 Å². The number of rotatable bonds is 8. The fourth-order valence-electron chi connectivity index (χ4n) is 3.04. The minimum atomic E-state index is -0.323. The van der Waals surface area contributed by atoms with Crippen molar-refractivity contribution in [2.45, 2.75) is 26.7 Å². The van der Waals surface area contributed by atoms with Gasteiger partial charge in [0.2, 0.25) is 0 Å². The Hall–Kier alpha value is -3.22. The molecular weight excluding hydrogens is 376 g/mol. The maximum absolute atomic E-state index is 13.1. The molecule has 0 unspecified atom stereocenters. The first-order valence-electron chi connectivity index (χ1n) is 9.44. The van der Waals surface area contributed by atoms with Gasteiger partial charge in [-0.25, -0.2) is 13.5 Å². The molecular formula is C22H23F2N3O2. The highest BCUT2D eigenvalue weighted by atomic mass is 19.1. The van der Waals surface area contributed by atoms with Gasteiger partial charge in [0.15, 0.2) is 0 Å². The van der Waals surface area contributed by atoms with Crippen molar-refractivity contribution < 1.29 is 18.3 Å². The Morgan fingerprint density at radius 2 is 1.62 bits per heavy atom. The number of carbonyl (C=O) groups excluding carboxylic acids is 1. The fourth-order valence-corrected chi connectivity index (χ4v) is 3.04. The second-order valence-corrected chi connectivity index (χ2v) is 6.70. The number of nitrogens with zero attached hydrogens (tertiary/aromatic N) is 2. The van der Waals surface area contributed by atoms with Crippen LogP contribution in [0.1, 0.15) is 34.6 Å². The highest BCUT2D eigenvalue weighted by molar-refractivity contribution is 5.96. The molecule has 2 aromatic carbocycles. The summed E-state index contributed by atoms with van der Waals surface area (Å²) in [4.78, 5) is 12.6. The van der Waals surface area contributed by atoms with Gasteiger partial charge in [-0.3, -0.25) is 4.79 Å². The van der Waals surface area contributed by atoms with Gasteiger partial charge >= 0.3 is 0 Å². The van der Waals surface area contributed by atoms with Gasteiger partial charge in [-0.05, 0) is 75.2 Å². The molecule has 0 saturated carbocycles. The van der Waals surface area contributed by atoms with Crippen LogP contribution in [-0.4, -0.2) is 28.8 Å². The Labute approximate surface area is 168 Å². The molecule has 7 heteroatoms. The summed E-state index contributed by atoms with van der Waals surface area (Å²) in [5, 5.41) is 7.32. The van der Waals surface area contributed by atoms with Crippen molar-refractivity contribution in [1.29, 1.82) is 0 Å². The normalized spacial score (nSPS) is 10.8. The molecule has 29 heavy (non-hydrogen) atoms. The lowest BCUT2D eigenvalue weighted by molar-refractivity contribution is 0.0951. The first-order chi connectivity index (χ1) is 14.0. The predicted octanol–water partition coefficient (Wildman–Crippen LogP) is 4.36. The second kappa shape index (κ2) is 9.32. The maximum atomic E-state index is 13.1. The quantitative estimate of drug-likeness (QED) is 0.573. The molecule has 0 atom stereocenters. The third-order valence-electron chi connectivity index (χ3n) is 4.53. The molecule has 0 aliphatic rings. The molecule has 1 heterocycles. The summed E-state index contributed by atoms with van der Waals surface area (Å²) in [7, 11) is 0. The highest BCUT2D eigenvalue weighted by Gasteiger charge is 2.19. The van der Waals surface area contributed by atoms with Crippen LogP contribution in [0.4, 0.5) is 8.78 Å². The average Bonchev–Trinajstić information content (AvgIpc) is 3.00. The van der Waals surface area contributed by atoms with Gasteiger partial charge in [0.25, 0.3) is 5.91 Å². The van der Waals surface area contributed by atoms with Crippen LogP contribution in [0.3, 0.4) is 0 Å². The van der Waals surface area contributed by atoms with Crippen LogP contribution in [-0.2, 0) is 0 Å². The number of ether oxygens (including phenoxy) is 1. The van der Waals surface area contributed by atoms with E-state index in [0.29, 0.717) is 41.5 Å². The molecule has 3 aromatic rings. The smallest absolute Gasteiger partial charge is 0.255 e. The summed E-state index contributed by atoms with van der Waals surface area (Å²) in [6.07, 6.45) is 1.50. The van der Waals surface area contributed by atoms with Crippen molar-refractivity contribution in [2.24, 2.45) is 0 Å². The number of aromatic nitrogens is 2. The second-order valence-electron chi connectivity index (χ2n) is 6.70. The summed E-state index contributed by atoms with van der Waals surface area (Å²) in [5.41, 5.74) is 2.54. The van der Waals surface area contributed by atoms with Crippen LogP contribution in [0.2, 0.25) is 0 Å². The van der Waals surface area contributed by atoms with Gasteiger partial charge in [-0.1, -0.05) is 0 Å². The maximum Gasteiger partial charge on any atom is 0.255 e. The van der Waals surface area contributed by atoms with Crippen molar-refractivity contribution >= 4 is 5.91 Å². The number of hydrogen-bond donors (Lipinski definition) is 1. The van der Waals surface area contributed by atoms with Gasteiger partial charge < -0.3 is 10.1 Å². The Bertz CT molecular complexity index is 967. The van der Waals surface area contributed by atoms with Gasteiger partial charge in [0.05, 0.1) is 29.2 Å². The molecule has 0 spiro atoms. The third-order valence-corrected chi connectivity index (χ3v) is 4.53. The summed E-state index contributed by atoms with van der Waals surface area (Å²) < 4.78 is 33.2. The van der Waals surface area contributed by atoms with Crippen molar-refractivity contribution in [3.05, 3.63) is 77.1 Å². The molecule has 0 radical (unpaired) electrons. The lowest BCUT2D eigenvalue weighted by atomic mass is 10.1. The van der Waals surface area contributed by atoms with Gasteiger partial charge in [-0.15, -0.1) is 0 Å². The topological polar surface area (TPSA) is 56.2 Å². The summed E-state index contributed by atoms with van der Waals surface area (Å²) in [5.74, 6) is -0.187. The molecule has 5 nitrogen and oxygen atoms in total. The molecule has 0 fully saturated rings. The number of aryl methyl sites for hydroxylation is 1. The number of benzene rings is 2. The Balaban J connectivity index is 1.49. The Morgan fingerprint density at radius 1 is 1.00 bits per heavy atom. The van der Waals surface area contributed by atoms with E-state index in [9.17, 15) is 13.6 Å². The highest BCUT2D eigenvalue weighted by Crippen LogP contribution is 2.18. The minimum absolute atomic E-state index is 0.187. The molecule has 0 bridgehead atoms. The van der Waals surface area contributed by atoms with Crippen LogP contribution >= 0.6 is 0 Å². The molecule has 3 rings (SSSR count). The number of unbranched alkanes of at least 4 members (excludes halogenated alkanes) is 1. The Kier molecular flexibility index (Phi) is 6.59. The molecule has 0 saturated heterocycles. The van der Waals surface area contributed by atoms with E-state index in [1.54, 1.807) is 35.9 Å². The molecule has 1 amide bonds. The Morgan fingerprint density at radius 3 is 2.28 bits per heavy atom. The average molecular weight is 399 g/mol. The molecule has 0 aliphatic carbocycles. The van der Waals surface area contributed by atoms with E-state index in [1.165, 1.54) is 24.3 Å². The van der Waals surface area contributed by atoms with Gasteiger partial charge in [0, 0.05) is 6.54 Å². The van der Waals surface area contributed by atoms with Crippen LogP contribution in [0.25, 0.3) is 5.69 Å². The standard InChI is InChI=1S/C22H23F2N3O2/c1-15-21(16(2)27(26-15)19-9-5-17(23)6-10-19)22(28)25-13-3-4-14-29-20-11-7-18(24)8-12-20/h5-12H,3-4,13-14H2,1-2H3,(H,25,28). The van der Waals surface area contributed by atoms with E-state index < -0.39 is 0 Å². The molecule has 0 aliphatic heterocycles. The zero-order valence-corrected chi connectivity index (χ0v) is 16.4. The molecule has 152 valence electrons. The number of nitrogens with one attached hydrogen (secondary N) is 1. The molecule has 1 N–H and O–H groups in total. The van der Waals surface area contributed by atoms with Crippen molar-refractivity contribution in [1.82, 2.24) is 15.1 Å². The first-order valence-corrected chi connectivity index (χ1v) is 9.44. The number of carbonyl (C=O) groups is 1. The lowest BCUT2D eigenvalue weighted by Gasteiger charge is -2.08. The summed E-state index contributed by atoms with van der Waals surface area (Å²) >= 11 is 0. The van der Waals surface area contributed by atoms with Crippen molar-refractivity contribution in [3.8, 4) is 11.4 Å². The largest absolute Gasteiger partial charge is 0.494 e. The SMILES string of the molecule is Cc1nn(-c2ccc(F)cc2)c(C)c1C(=O)NCCCCOc1ccc(F)cc1. The van der Waals surface area contributed by atoms with E-state index in [1.807, 2.05) is 6.92 Å². The first kappa shape index (κ1) is 20.5. The van der Waals surface area contributed by atoms with E-state index in [0.717, 1.165) is 12.8 Å². The van der Waals surface area contributed by atoms with E-state index in [4.69, 9.17) is 4.74 Å².